The van der Waals surface area contributed by atoms with E-state index >= 15 is 0 Å². The fourth-order valence-electron chi connectivity index (χ4n) is 3.23. The summed E-state index contributed by atoms with van der Waals surface area (Å²) in [5, 5.41) is 3.25. The molecule has 0 bridgehead atoms. The van der Waals surface area contributed by atoms with E-state index in [1.807, 2.05) is 32.0 Å². The minimum Gasteiger partial charge on any atom is -0.455 e. The SMILES string of the molecule is Cc1ccc(N2C[C@H](C(=O)OCC(=O)Nc3ccc(Cl)c(Cl)c3)CC2=O)c(C)c1. The zero-order chi connectivity index (χ0) is 21.1. The van der Waals surface area contributed by atoms with Gasteiger partial charge in [-0.1, -0.05) is 40.9 Å². The van der Waals surface area contributed by atoms with Crippen molar-refractivity contribution in [3.8, 4) is 0 Å². The van der Waals surface area contributed by atoms with Crippen LogP contribution in [0.2, 0.25) is 10.0 Å². The first-order valence-electron chi connectivity index (χ1n) is 9.03. The smallest absolute Gasteiger partial charge is 0.311 e. The molecule has 1 N–H and O–H groups in total. The molecule has 0 radical (unpaired) electrons. The van der Waals surface area contributed by atoms with Gasteiger partial charge in [-0.15, -0.1) is 0 Å². The van der Waals surface area contributed by atoms with Crippen LogP contribution in [0.4, 0.5) is 11.4 Å². The first-order chi connectivity index (χ1) is 13.7. The molecule has 29 heavy (non-hydrogen) atoms. The van der Waals surface area contributed by atoms with E-state index in [9.17, 15) is 14.4 Å². The standard InChI is InChI=1S/C21H20Cl2N2O4/c1-12-3-6-18(13(2)7-12)25-10-14(8-20(25)27)21(28)29-11-19(26)24-15-4-5-16(22)17(23)9-15/h3-7,9,14H,8,10-11H2,1-2H3,(H,24,26)/t14-/m1/s1. The van der Waals surface area contributed by atoms with E-state index in [4.69, 9.17) is 27.9 Å². The van der Waals surface area contributed by atoms with Crippen LogP contribution in [0.25, 0.3) is 0 Å². The van der Waals surface area contributed by atoms with Gasteiger partial charge in [0, 0.05) is 24.3 Å². The predicted octanol–water partition coefficient (Wildman–Crippen LogP) is 4.15. The van der Waals surface area contributed by atoms with E-state index < -0.39 is 24.4 Å². The molecule has 0 saturated carbocycles. The fourth-order valence-corrected chi connectivity index (χ4v) is 3.53. The Morgan fingerprint density at radius 2 is 1.90 bits per heavy atom. The maximum atomic E-state index is 12.4. The average Bonchev–Trinajstić information content (AvgIpc) is 3.04. The molecule has 0 aromatic heterocycles. The van der Waals surface area contributed by atoms with Crippen molar-refractivity contribution in [2.24, 2.45) is 5.92 Å². The third-order valence-electron chi connectivity index (χ3n) is 4.65. The summed E-state index contributed by atoms with van der Waals surface area (Å²) in [4.78, 5) is 38.3. The van der Waals surface area contributed by atoms with Crippen molar-refractivity contribution in [1.82, 2.24) is 0 Å². The molecule has 2 amide bonds. The van der Waals surface area contributed by atoms with Crippen LogP contribution in [0.3, 0.4) is 0 Å². The van der Waals surface area contributed by atoms with E-state index in [2.05, 4.69) is 5.32 Å². The molecule has 2 aromatic rings. The molecule has 1 saturated heterocycles. The molecular formula is C21H20Cl2N2O4. The Morgan fingerprint density at radius 3 is 2.59 bits per heavy atom. The molecule has 0 aliphatic carbocycles. The average molecular weight is 435 g/mol. The third-order valence-corrected chi connectivity index (χ3v) is 5.39. The number of rotatable bonds is 5. The Bertz CT molecular complexity index is 977. The number of halogens is 2. The first-order valence-corrected chi connectivity index (χ1v) is 9.79. The number of anilines is 2. The highest BCUT2D eigenvalue weighted by atomic mass is 35.5. The minimum absolute atomic E-state index is 0.0561. The molecule has 152 valence electrons. The summed E-state index contributed by atoms with van der Waals surface area (Å²) in [6.45, 7) is 3.68. The lowest BCUT2D eigenvalue weighted by Crippen LogP contribution is -2.28. The number of nitrogens with zero attached hydrogens (tertiary/aromatic N) is 1. The first kappa shape index (κ1) is 21.1. The van der Waals surface area contributed by atoms with Gasteiger partial charge >= 0.3 is 5.97 Å². The van der Waals surface area contributed by atoms with Gasteiger partial charge in [0.1, 0.15) is 0 Å². The maximum Gasteiger partial charge on any atom is 0.311 e. The molecule has 0 unspecified atom stereocenters. The topological polar surface area (TPSA) is 75.7 Å². The van der Waals surface area contributed by atoms with Crippen molar-refractivity contribution < 1.29 is 19.1 Å². The number of amides is 2. The van der Waals surface area contributed by atoms with Gasteiger partial charge in [0.2, 0.25) is 5.91 Å². The zero-order valence-electron chi connectivity index (χ0n) is 16.0. The lowest BCUT2D eigenvalue weighted by atomic mass is 10.1. The maximum absolute atomic E-state index is 12.4. The number of carbonyl (C=O) groups excluding carboxylic acids is 3. The highest BCUT2D eigenvalue weighted by molar-refractivity contribution is 6.42. The summed E-state index contributed by atoms with van der Waals surface area (Å²) in [6, 6.07) is 10.4. The highest BCUT2D eigenvalue weighted by Crippen LogP contribution is 2.29. The molecule has 1 aliphatic heterocycles. The second-order valence-electron chi connectivity index (χ2n) is 6.98. The molecule has 3 rings (SSSR count). The molecular weight excluding hydrogens is 415 g/mol. The number of nitrogens with one attached hydrogen (secondary N) is 1. The van der Waals surface area contributed by atoms with E-state index in [1.165, 1.54) is 6.07 Å². The number of esters is 1. The van der Waals surface area contributed by atoms with Crippen LogP contribution < -0.4 is 10.2 Å². The van der Waals surface area contributed by atoms with Crippen molar-refractivity contribution in [3.63, 3.8) is 0 Å². The van der Waals surface area contributed by atoms with Crippen LogP contribution >= 0.6 is 23.2 Å². The van der Waals surface area contributed by atoms with E-state index in [-0.39, 0.29) is 18.9 Å². The van der Waals surface area contributed by atoms with Gasteiger partial charge in [0.05, 0.1) is 16.0 Å². The molecule has 0 spiro atoms. The van der Waals surface area contributed by atoms with Gasteiger partial charge in [0.15, 0.2) is 6.61 Å². The molecule has 1 heterocycles. The number of hydrogen-bond acceptors (Lipinski definition) is 4. The molecule has 8 heteroatoms. The van der Waals surface area contributed by atoms with Crippen molar-refractivity contribution in [1.29, 1.82) is 0 Å². The van der Waals surface area contributed by atoms with E-state index in [1.54, 1.807) is 17.0 Å². The summed E-state index contributed by atoms with van der Waals surface area (Å²) in [5.74, 6) is -1.83. The molecule has 1 atom stereocenters. The van der Waals surface area contributed by atoms with Gasteiger partial charge in [-0.2, -0.15) is 0 Å². The van der Waals surface area contributed by atoms with Gasteiger partial charge in [-0.25, -0.2) is 0 Å². The quantitative estimate of drug-likeness (QED) is 0.717. The third kappa shape index (κ3) is 5.08. The second-order valence-corrected chi connectivity index (χ2v) is 7.79. The second kappa shape index (κ2) is 8.84. The van der Waals surface area contributed by atoms with Crippen LogP contribution in [0, 0.1) is 19.8 Å². The lowest BCUT2D eigenvalue weighted by molar-refractivity contribution is -0.151. The molecule has 1 fully saturated rings. The zero-order valence-corrected chi connectivity index (χ0v) is 17.5. The largest absolute Gasteiger partial charge is 0.455 e. The predicted molar refractivity (Wildman–Crippen MR) is 112 cm³/mol. The Balaban J connectivity index is 1.55. The highest BCUT2D eigenvalue weighted by Gasteiger charge is 2.36. The Hall–Kier alpha value is -2.57. The van der Waals surface area contributed by atoms with E-state index in [0.29, 0.717) is 15.7 Å². The Kier molecular flexibility index (Phi) is 6.45. The normalized spacial score (nSPS) is 16.1. The summed E-state index contributed by atoms with van der Waals surface area (Å²) < 4.78 is 5.11. The van der Waals surface area contributed by atoms with Crippen LogP contribution in [0.1, 0.15) is 17.5 Å². The number of ether oxygens (including phenoxy) is 1. The summed E-state index contributed by atoms with van der Waals surface area (Å²) in [6.07, 6.45) is 0.0561. The Labute approximate surface area is 178 Å². The van der Waals surface area contributed by atoms with Crippen molar-refractivity contribution >= 4 is 52.4 Å². The summed E-state index contributed by atoms with van der Waals surface area (Å²) in [7, 11) is 0. The number of hydrogen-bond donors (Lipinski definition) is 1. The monoisotopic (exact) mass is 434 g/mol. The lowest BCUT2D eigenvalue weighted by Gasteiger charge is -2.19. The van der Waals surface area contributed by atoms with Crippen LogP contribution in [0.5, 0.6) is 0 Å². The van der Waals surface area contributed by atoms with Gasteiger partial charge < -0.3 is 15.0 Å². The van der Waals surface area contributed by atoms with Gasteiger partial charge in [-0.3, -0.25) is 14.4 Å². The minimum atomic E-state index is -0.610. The number of benzene rings is 2. The van der Waals surface area contributed by atoms with E-state index in [0.717, 1.165) is 16.8 Å². The van der Waals surface area contributed by atoms with Crippen LogP contribution in [-0.4, -0.2) is 30.9 Å². The number of carbonyl (C=O) groups is 3. The fraction of sp³-hybridized carbons (Fsp3) is 0.286. The van der Waals surface area contributed by atoms with Crippen molar-refractivity contribution in [2.75, 3.05) is 23.4 Å². The number of aryl methyl sites for hydroxylation is 2. The molecule has 1 aliphatic rings. The van der Waals surface area contributed by atoms with Gasteiger partial charge in [0.25, 0.3) is 5.91 Å². The van der Waals surface area contributed by atoms with Crippen molar-refractivity contribution in [2.45, 2.75) is 20.3 Å². The summed E-state index contributed by atoms with van der Waals surface area (Å²) >= 11 is 11.7. The summed E-state index contributed by atoms with van der Waals surface area (Å²) in [5.41, 5.74) is 3.29. The van der Waals surface area contributed by atoms with Crippen molar-refractivity contribution in [3.05, 3.63) is 57.6 Å². The van der Waals surface area contributed by atoms with Gasteiger partial charge in [-0.05, 0) is 43.7 Å². The van der Waals surface area contributed by atoms with Crippen LogP contribution in [0.15, 0.2) is 36.4 Å². The molecule has 2 aromatic carbocycles. The Morgan fingerprint density at radius 1 is 1.14 bits per heavy atom. The molecule has 6 nitrogen and oxygen atoms in total. The van der Waals surface area contributed by atoms with Crippen LogP contribution in [-0.2, 0) is 19.1 Å².